The third-order valence-corrected chi connectivity index (χ3v) is 5.10. The van der Waals surface area contributed by atoms with Gasteiger partial charge in [0.25, 0.3) is 0 Å². The maximum atomic E-state index is 12.5. The molecule has 0 aromatic heterocycles. The first kappa shape index (κ1) is 17.8. The fourth-order valence-corrected chi connectivity index (χ4v) is 3.42. The van der Waals surface area contributed by atoms with E-state index in [2.05, 4.69) is 42.2 Å². The smallest absolute Gasteiger partial charge is 0.223 e. The Morgan fingerprint density at radius 2 is 1.68 bits per heavy atom. The van der Waals surface area contributed by atoms with Crippen molar-refractivity contribution < 1.29 is 4.79 Å². The minimum Gasteiger partial charge on any atom is -0.368 e. The number of anilines is 1. The lowest BCUT2D eigenvalue weighted by molar-refractivity contribution is -0.131. The second-order valence-electron chi connectivity index (χ2n) is 6.52. The molecule has 3 rings (SSSR count). The second kappa shape index (κ2) is 8.39. The molecular formula is C21H25ClN2O. The number of amides is 1. The van der Waals surface area contributed by atoms with Gasteiger partial charge in [-0.05, 0) is 42.2 Å². The second-order valence-corrected chi connectivity index (χ2v) is 6.95. The highest BCUT2D eigenvalue weighted by Gasteiger charge is 2.21. The number of halogens is 1. The molecule has 0 unspecified atom stereocenters. The van der Waals surface area contributed by atoms with Crippen LogP contribution in [0.5, 0.6) is 0 Å². The Hall–Kier alpha value is -2.00. The molecular weight excluding hydrogens is 332 g/mol. The summed E-state index contributed by atoms with van der Waals surface area (Å²) in [6.45, 7) is 5.43. The first-order valence-corrected chi connectivity index (χ1v) is 9.39. The molecule has 4 heteroatoms. The SMILES string of the molecule is CCc1ccc(CCC(=O)N2CCN(c3cccc(Cl)c3)CC2)cc1. The van der Waals surface area contributed by atoms with E-state index in [1.54, 1.807) is 0 Å². The molecule has 0 saturated carbocycles. The number of benzene rings is 2. The molecule has 1 fully saturated rings. The summed E-state index contributed by atoms with van der Waals surface area (Å²) in [6, 6.07) is 16.5. The number of rotatable bonds is 5. The lowest BCUT2D eigenvalue weighted by atomic mass is 10.1. The summed E-state index contributed by atoms with van der Waals surface area (Å²) in [7, 11) is 0. The topological polar surface area (TPSA) is 23.6 Å². The summed E-state index contributed by atoms with van der Waals surface area (Å²) >= 11 is 6.07. The van der Waals surface area contributed by atoms with Crippen molar-refractivity contribution in [2.75, 3.05) is 31.1 Å². The van der Waals surface area contributed by atoms with Gasteiger partial charge in [0.05, 0.1) is 0 Å². The van der Waals surface area contributed by atoms with Crippen LogP contribution in [0.25, 0.3) is 0 Å². The Balaban J connectivity index is 1.48. The van der Waals surface area contributed by atoms with Crippen molar-refractivity contribution in [3.05, 3.63) is 64.7 Å². The molecule has 25 heavy (non-hydrogen) atoms. The van der Waals surface area contributed by atoms with Crippen LogP contribution in [-0.2, 0) is 17.6 Å². The van der Waals surface area contributed by atoms with Crippen molar-refractivity contribution in [3.63, 3.8) is 0 Å². The number of carbonyl (C=O) groups is 1. The van der Waals surface area contributed by atoms with Gasteiger partial charge in [0.2, 0.25) is 5.91 Å². The van der Waals surface area contributed by atoms with Gasteiger partial charge < -0.3 is 9.80 Å². The van der Waals surface area contributed by atoms with E-state index < -0.39 is 0 Å². The van der Waals surface area contributed by atoms with Gasteiger partial charge in [-0.15, -0.1) is 0 Å². The number of hydrogen-bond donors (Lipinski definition) is 0. The van der Waals surface area contributed by atoms with Crippen LogP contribution in [0.15, 0.2) is 48.5 Å². The van der Waals surface area contributed by atoms with E-state index in [1.165, 1.54) is 11.1 Å². The van der Waals surface area contributed by atoms with E-state index in [-0.39, 0.29) is 5.91 Å². The van der Waals surface area contributed by atoms with Crippen molar-refractivity contribution in [1.82, 2.24) is 4.90 Å². The molecule has 0 bridgehead atoms. The molecule has 1 amide bonds. The molecule has 0 aliphatic carbocycles. The lowest BCUT2D eigenvalue weighted by Gasteiger charge is -2.36. The van der Waals surface area contributed by atoms with Gasteiger partial charge >= 0.3 is 0 Å². The normalized spacial score (nSPS) is 14.6. The van der Waals surface area contributed by atoms with Crippen LogP contribution in [0.3, 0.4) is 0 Å². The van der Waals surface area contributed by atoms with Gasteiger partial charge in [0, 0.05) is 43.3 Å². The quantitative estimate of drug-likeness (QED) is 0.802. The third kappa shape index (κ3) is 4.76. The molecule has 1 aliphatic heterocycles. The van der Waals surface area contributed by atoms with Gasteiger partial charge in [0.1, 0.15) is 0 Å². The van der Waals surface area contributed by atoms with Gasteiger partial charge in [-0.1, -0.05) is 48.9 Å². The Labute approximate surface area is 155 Å². The first-order valence-electron chi connectivity index (χ1n) is 9.02. The van der Waals surface area contributed by atoms with Crippen LogP contribution in [-0.4, -0.2) is 37.0 Å². The van der Waals surface area contributed by atoms with Crippen LogP contribution >= 0.6 is 11.6 Å². The van der Waals surface area contributed by atoms with E-state index >= 15 is 0 Å². The van der Waals surface area contributed by atoms with E-state index in [9.17, 15) is 4.79 Å². The average molecular weight is 357 g/mol. The van der Waals surface area contributed by atoms with Crippen LogP contribution in [0.1, 0.15) is 24.5 Å². The highest BCUT2D eigenvalue weighted by atomic mass is 35.5. The molecule has 1 aliphatic rings. The Morgan fingerprint density at radius 1 is 1.00 bits per heavy atom. The van der Waals surface area contributed by atoms with Crippen molar-refractivity contribution in [2.24, 2.45) is 0 Å². The summed E-state index contributed by atoms with van der Waals surface area (Å²) in [6.07, 6.45) is 2.45. The number of hydrogen-bond acceptors (Lipinski definition) is 2. The molecule has 0 N–H and O–H groups in total. The predicted molar refractivity (Wildman–Crippen MR) is 104 cm³/mol. The van der Waals surface area contributed by atoms with Gasteiger partial charge in [-0.25, -0.2) is 0 Å². The minimum absolute atomic E-state index is 0.255. The Morgan fingerprint density at radius 3 is 2.32 bits per heavy atom. The van der Waals surface area contributed by atoms with E-state index in [0.29, 0.717) is 6.42 Å². The van der Waals surface area contributed by atoms with Crippen molar-refractivity contribution in [2.45, 2.75) is 26.2 Å². The predicted octanol–water partition coefficient (Wildman–Crippen LogP) is 4.18. The lowest BCUT2D eigenvalue weighted by Crippen LogP contribution is -2.48. The largest absolute Gasteiger partial charge is 0.368 e. The minimum atomic E-state index is 0.255. The highest BCUT2D eigenvalue weighted by molar-refractivity contribution is 6.30. The number of piperazine rings is 1. The summed E-state index contributed by atoms with van der Waals surface area (Å²) in [5, 5.41) is 0.755. The zero-order valence-corrected chi connectivity index (χ0v) is 15.5. The summed E-state index contributed by atoms with van der Waals surface area (Å²) in [5.74, 6) is 0.255. The maximum Gasteiger partial charge on any atom is 0.223 e. The van der Waals surface area contributed by atoms with Crippen LogP contribution < -0.4 is 4.90 Å². The molecule has 0 spiro atoms. The zero-order valence-electron chi connectivity index (χ0n) is 14.7. The molecule has 2 aromatic carbocycles. The summed E-state index contributed by atoms with van der Waals surface area (Å²) in [4.78, 5) is 16.8. The maximum absolute atomic E-state index is 12.5. The van der Waals surface area contributed by atoms with Gasteiger partial charge in [-0.3, -0.25) is 4.79 Å². The number of carbonyl (C=O) groups excluding carboxylic acids is 1. The first-order chi connectivity index (χ1) is 12.2. The van der Waals surface area contributed by atoms with Crippen molar-refractivity contribution >= 4 is 23.2 Å². The molecule has 0 radical (unpaired) electrons. The van der Waals surface area contributed by atoms with E-state index in [1.807, 2.05) is 23.1 Å². The Kier molecular flexibility index (Phi) is 5.98. The summed E-state index contributed by atoms with van der Waals surface area (Å²) in [5.41, 5.74) is 3.71. The van der Waals surface area contributed by atoms with Gasteiger partial charge in [-0.2, -0.15) is 0 Å². The highest BCUT2D eigenvalue weighted by Crippen LogP contribution is 2.21. The van der Waals surface area contributed by atoms with Crippen LogP contribution in [0.2, 0.25) is 5.02 Å². The number of nitrogens with zero attached hydrogens (tertiary/aromatic N) is 2. The fourth-order valence-electron chi connectivity index (χ4n) is 3.24. The Bertz CT molecular complexity index is 706. The van der Waals surface area contributed by atoms with Crippen LogP contribution in [0, 0.1) is 0 Å². The molecule has 1 heterocycles. The molecule has 132 valence electrons. The van der Waals surface area contributed by atoms with Gasteiger partial charge in [0.15, 0.2) is 0 Å². The summed E-state index contributed by atoms with van der Waals surface area (Å²) < 4.78 is 0. The monoisotopic (exact) mass is 356 g/mol. The zero-order chi connectivity index (χ0) is 17.6. The van der Waals surface area contributed by atoms with Crippen molar-refractivity contribution in [1.29, 1.82) is 0 Å². The average Bonchev–Trinajstić information content (AvgIpc) is 2.66. The van der Waals surface area contributed by atoms with Crippen molar-refractivity contribution in [3.8, 4) is 0 Å². The molecule has 3 nitrogen and oxygen atoms in total. The van der Waals surface area contributed by atoms with E-state index in [4.69, 9.17) is 11.6 Å². The number of aryl methyl sites for hydroxylation is 2. The molecule has 2 aromatic rings. The van der Waals surface area contributed by atoms with Crippen LogP contribution in [0.4, 0.5) is 5.69 Å². The molecule has 1 saturated heterocycles. The molecule has 0 atom stereocenters. The fraction of sp³-hybridized carbons (Fsp3) is 0.381. The standard InChI is InChI=1S/C21H25ClN2O/c1-2-17-6-8-18(9-7-17)10-11-21(25)24-14-12-23(13-15-24)20-5-3-4-19(22)16-20/h3-9,16H,2,10-15H2,1H3. The third-order valence-electron chi connectivity index (χ3n) is 4.86. The van der Waals surface area contributed by atoms with E-state index in [0.717, 1.165) is 49.7 Å².